The van der Waals surface area contributed by atoms with E-state index in [4.69, 9.17) is 4.43 Å². The van der Waals surface area contributed by atoms with E-state index in [1.54, 1.807) is 0 Å². The molecule has 0 aliphatic rings. The van der Waals surface area contributed by atoms with Crippen molar-refractivity contribution in [1.82, 2.24) is 0 Å². The zero-order chi connectivity index (χ0) is 16.4. The molecule has 0 saturated heterocycles. The van der Waals surface area contributed by atoms with Crippen LogP contribution < -0.4 is 0 Å². The van der Waals surface area contributed by atoms with E-state index in [1.807, 2.05) is 0 Å². The van der Waals surface area contributed by atoms with Gasteiger partial charge in [-0.3, -0.25) is 0 Å². The van der Waals surface area contributed by atoms with E-state index in [-0.39, 0.29) is 5.04 Å². The highest BCUT2D eigenvalue weighted by Crippen LogP contribution is 2.40. The van der Waals surface area contributed by atoms with E-state index in [0.717, 1.165) is 12.8 Å². The quantitative estimate of drug-likeness (QED) is 0.509. The Morgan fingerprint density at radius 1 is 0.900 bits per heavy atom. The maximum absolute atomic E-state index is 10.2. The topological polar surface area (TPSA) is 29.5 Å². The van der Waals surface area contributed by atoms with Crippen LogP contribution in [0.3, 0.4) is 0 Å². The van der Waals surface area contributed by atoms with Gasteiger partial charge < -0.3 is 9.53 Å². The SMILES string of the molecule is CC(C)(C)[Si](C)(C)CCCC(O)O[Si](C)(C)C(C)(C)C. The van der Waals surface area contributed by atoms with E-state index >= 15 is 0 Å². The molecular weight excluding hydrogens is 280 g/mol. The van der Waals surface area contributed by atoms with Crippen molar-refractivity contribution in [3.8, 4) is 0 Å². The minimum absolute atomic E-state index is 0.160. The predicted molar refractivity (Wildman–Crippen MR) is 95.5 cm³/mol. The van der Waals surface area contributed by atoms with Crippen LogP contribution in [0.2, 0.25) is 42.3 Å². The van der Waals surface area contributed by atoms with Crippen LogP contribution in [-0.4, -0.2) is 27.8 Å². The molecule has 2 nitrogen and oxygen atoms in total. The molecule has 4 heteroatoms. The summed E-state index contributed by atoms with van der Waals surface area (Å²) in [5.41, 5.74) is 0. The Bertz CT molecular complexity index is 299. The third kappa shape index (κ3) is 6.00. The maximum atomic E-state index is 10.2. The van der Waals surface area contributed by atoms with Crippen LogP contribution in [0, 0.1) is 0 Å². The van der Waals surface area contributed by atoms with Crippen LogP contribution in [0.1, 0.15) is 54.4 Å². The second-order valence-electron chi connectivity index (χ2n) is 9.36. The summed E-state index contributed by atoms with van der Waals surface area (Å²) in [4.78, 5) is 0. The third-order valence-corrected chi connectivity index (χ3v) is 15.7. The van der Waals surface area contributed by atoms with E-state index in [1.165, 1.54) is 6.04 Å². The van der Waals surface area contributed by atoms with E-state index in [9.17, 15) is 5.11 Å². The molecule has 0 spiro atoms. The first kappa shape index (κ1) is 20.4. The largest absolute Gasteiger partial charge is 0.392 e. The van der Waals surface area contributed by atoms with Gasteiger partial charge in [-0.1, -0.05) is 67.1 Å². The summed E-state index contributed by atoms with van der Waals surface area (Å²) in [6.45, 7) is 23.0. The van der Waals surface area contributed by atoms with Crippen LogP contribution >= 0.6 is 0 Å². The summed E-state index contributed by atoms with van der Waals surface area (Å²) in [6.07, 6.45) is 1.27. The first-order valence-electron chi connectivity index (χ1n) is 7.96. The molecule has 0 fully saturated rings. The van der Waals surface area contributed by atoms with Crippen molar-refractivity contribution < 1.29 is 9.53 Å². The van der Waals surface area contributed by atoms with Crippen molar-refractivity contribution in [2.24, 2.45) is 0 Å². The lowest BCUT2D eigenvalue weighted by Gasteiger charge is -2.39. The highest BCUT2D eigenvalue weighted by molar-refractivity contribution is 6.80. The molecular formula is C16H38O2Si2. The van der Waals surface area contributed by atoms with Crippen molar-refractivity contribution in [2.75, 3.05) is 0 Å². The lowest BCUT2D eigenvalue weighted by atomic mass is 10.2. The molecule has 1 atom stereocenters. The van der Waals surface area contributed by atoms with Crippen LogP contribution in [0.5, 0.6) is 0 Å². The number of hydrogen-bond donors (Lipinski definition) is 1. The number of aliphatic hydroxyl groups excluding tert-OH is 1. The Hall–Kier alpha value is 0.354. The molecule has 1 unspecified atom stereocenters. The zero-order valence-electron chi connectivity index (χ0n) is 15.6. The lowest BCUT2D eigenvalue weighted by molar-refractivity contribution is -0.0340. The van der Waals surface area contributed by atoms with Crippen molar-refractivity contribution in [1.29, 1.82) is 0 Å². The van der Waals surface area contributed by atoms with Gasteiger partial charge >= 0.3 is 0 Å². The Kier molecular flexibility index (Phi) is 6.75. The van der Waals surface area contributed by atoms with Crippen LogP contribution in [0.4, 0.5) is 0 Å². The Morgan fingerprint density at radius 3 is 1.70 bits per heavy atom. The van der Waals surface area contributed by atoms with Gasteiger partial charge in [-0.15, -0.1) is 0 Å². The van der Waals surface area contributed by atoms with Crippen LogP contribution in [0.15, 0.2) is 0 Å². The van der Waals surface area contributed by atoms with Gasteiger partial charge in [0.1, 0.15) is 6.29 Å². The second-order valence-corrected chi connectivity index (χ2v) is 19.9. The molecule has 0 amide bonds. The molecule has 0 aromatic carbocycles. The summed E-state index contributed by atoms with van der Waals surface area (Å²) >= 11 is 0. The lowest BCUT2D eigenvalue weighted by Crippen LogP contribution is -2.44. The number of aliphatic hydroxyl groups is 1. The normalized spacial score (nSPS) is 16.4. The monoisotopic (exact) mass is 318 g/mol. The van der Waals surface area contributed by atoms with Gasteiger partial charge in [0.15, 0.2) is 8.32 Å². The molecule has 0 heterocycles. The fraction of sp³-hybridized carbons (Fsp3) is 1.00. The molecule has 0 rings (SSSR count). The molecule has 122 valence electrons. The molecule has 0 aromatic heterocycles. The van der Waals surface area contributed by atoms with Gasteiger partial charge in [-0.05, 0) is 29.6 Å². The van der Waals surface area contributed by atoms with Gasteiger partial charge in [-0.25, -0.2) is 0 Å². The molecule has 20 heavy (non-hydrogen) atoms. The van der Waals surface area contributed by atoms with Gasteiger partial charge in [0.25, 0.3) is 0 Å². The molecule has 0 radical (unpaired) electrons. The van der Waals surface area contributed by atoms with Gasteiger partial charge in [0.05, 0.1) is 8.07 Å². The zero-order valence-corrected chi connectivity index (χ0v) is 17.6. The highest BCUT2D eigenvalue weighted by Gasteiger charge is 2.39. The first-order chi connectivity index (χ1) is 8.60. The second kappa shape index (κ2) is 6.63. The standard InChI is InChI=1S/C16H38O2Si2/c1-15(2,3)19(7,8)13-11-12-14(17)18-20(9,10)16(4,5)6/h14,17H,11-13H2,1-10H3. The average Bonchev–Trinajstić information content (AvgIpc) is 2.12. The number of rotatable bonds is 6. The Labute approximate surface area is 129 Å². The predicted octanol–water partition coefficient (Wildman–Crippen LogP) is 5.62. The van der Waals surface area contributed by atoms with Crippen molar-refractivity contribution in [2.45, 2.75) is 103 Å². The van der Waals surface area contributed by atoms with E-state index in [2.05, 4.69) is 67.7 Å². The Balaban J connectivity index is 4.30. The fourth-order valence-electron chi connectivity index (χ4n) is 1.67. The molecule has 0 aliphatic carbocycles. The van der Waals surface area contributed by atoms with Crippen molar-refractivity contribution >= 4 is 16.4 Å². The van der Waals surface area contributed by atoms with Gasteiger partial charge in [-0.2, -0.15) is 0 Å². The molecule has 0 bridgehead atoms. The molecule has 1 N–H and O–H groups in total. The van der Waals surface area contributed by atoms with Crippen LogP contribution in [-0.2, 0) is 4.43 Å². The average molecular weight is 319 g/mol. The first-order valence-corrected chi connectivity index (χ1v) is 14.1. The summed E-state index contributed by atoms with van der Waals surface area (Å²) in [7, 11) is -3.06. The molecule has 0 saturated carbocycles. The third-order valence-electron chi connectivity index (χ3n) is 5.52. The minimum Gasteiger partial charge on any atom is -0.392 e. The molecule has 0 aromatic rings. The summed E-state index contributed by atoms with van der Waals surface area (Å²) in [5.74, 6) is 0. The maximum Gasteiger partial charge on any atom is 0.195 e. The summed E-state index contributed by atoms with van der Waals surface area (Å²) < 4.78 is 6.01. The van der Waals surface area contributed by atoms with Crippen LogP contribution in [0.25, 0.3) is 0 Å². The van der Waals surface area contributed by atoms with Crippen molar-refractivity contribution in [3.63, 3.8) is 0 Å². The summed E-state index contributed by atoms with van der Waals surface area (Å²) in [5, 5.41) is 10.8. The Morgan fingerprint density at radius 2 is 1.35 bits per heavy atom. The van der Waals surface area contributed by atoms with E-state index in [0.29, 0.717) is 5.04 Å². The number of hydrogen-bond acceptors (Lipinski definition) is 2. The fourth-order valence-corrected chi connectivity index (χ4v) is 4.66. The van der Waals surface area contributed by atoms with Gasteiger partial charge in [0, 0.05) is 0 Å². The van der Waals surface area contributed by atoms with Crippen molar-refractivity contribution in [3.05, 3.63) is 0 Å². The minimum atomic E-state index is -1.84. The summed E-state index contributed by atoms with van der Waals surface area (Å²) in [6, 6.07) is 1.26. The highest BCUT2D eigenvalue weighted by atomic mass is 28.4. The van der Waals surface area contributed by atoms with Gasteiger partial charge in [0.2, 0.25) is 0 Å². The van der Waals surface area contributed by atoms with E-state index < -0.39 is 22.7 Å². The molecule has 0 aliphatic heterocycles. The smallest absolute Gasteiger partial charge is 0.195 e.